The van der Waals surface area contributed by atoms with Gasteiger partial charge < -0.3 is 10.5 Å². The molecule has 0 saturated carbocycles. The molecular formula is C13H15N3O. The SMILES string of the molecule is CCCOc1cncc(-c2ccc(N)cn2)c1. The molecule has 2 heterocycles. The van der Waals surface area contributed by atoms with Crippen LogP contribution < -0.4 is 10.5 Å². The topological polar surface area (TPSA) is 61.0 Å². The Kier molecular flexibility index (Phi) is 3.55. The zero-order chi connectivity index (χ0) is 12.1. The fourth-order valence-electron chi connectivity index (χ4n) is 1.43. The van der Waals surface area contributed by atoms with Crippen LogP contribution in [0.15, 0.2) is 36.8 Å². The largest absolute Gasteiger partial charge is 0.492 e. The van der Waals surface area contributed by atoms with Crippen LogP contribution in [0.3, 0.4) is 0 Å². The minimum Gasteiger partial charge on any atom is -0.492 e. The number of rotatable bonds is 4. The van der Waals surface area contributed by atoms with E-state index in [1.165, 1.54) is 0 Å². The van der Waals surface area contributed by atoms with Crippen molar-refractivity contribution in [2.75, 3.05) is 12.3 Å². The third-order valence-corrected chi connectivity index (χ3v) is 2.27. The Morgan fingerprint density at radius 2 is 2.12 bits per heavy atom. The lowest BCUT2D eigenvalue weighted by atomic mass is 10.2. The second-order valence-electron chi connectivity index (χ2n) is 3.73. The zero-order valence-electron chi connectivity index (χ0n) is 9.76. The quantitative estimate of drug-likeness (QED) is 0.875. The van der Waals surface area contributed by atoms with Gasteiger partial charge in [0.1, 0.15) is 5.75 Å². The smallest absolute Gasteiger partial charge is 0.138 e. The second-order valence-corrected chi connectivity index (χ2v) is 3.73. The number of hydrogen-bond donors (Lipinski definition) is 1. The number of nitrogens with zero attached hydrogens (tertiary/aromatic N) is 2. The summed E-state index contributed by atoms with van der Waals surface area (Å²) in [5.74, 6) is 0.767. The van der Waals surface area contributed by atoms with Crippen LogP contribution in [0.4, 0.5) is 5.69 Å². The summed E-state index contributed by atoms with van der Waals surface area (Å²) in [6.07, 6.45) is 6.08. The Morgan fingerprint density at radius 1 is 1.24 bits per heavy atom. The standard InChI is InChI=1S/C13H15N3O/c1-2-5-17-12-6-10(7-15-9-12)13-4-3-11(14)8-16-13/h3-4,6-9H,2,5,14H2,1H3. The molecule has 0 unspecified atom stereocenters. The number of aromatic nitrogens is 2. The molecule has 4 nitrogen and oxygen atoms in total. The summed E-state index contributed by atoms with van der Waals surface area (Å²) in [6.45, 7) is 2.76. The third-order valence-electron chi connectivity index (χ3n) is 2.27. The maximum Gasteiger partial charge on any atom is 0.138 e. The summed E-state index contributed by atoms with van der Waals surface area (Å²) in [4.78, 5) is 8.39. The average Bonchev–Trinajstić information content (AvgIpc) is 2.37. The van der Waals surface area contributed by atoms with Gasteiger partial charge in [0, 0.05) is 11.8 Å². The van der Waals surface area contributed by atoms with Gasteiger partial charge in [-0.2, -0.15) is 0 Å². The molecule has 4 heteroatoms. The maximum atomic E-state index is 5.60. The highest BCUT2D eigenvalue weighted by atomic mass is 16.5. The van der Waals surface area contributed by atoms with E-state index in [4.69, 9.17) is 10.5 Å². The van der Waals surface area contributed by atoms with E-state index in [9.17, 15) is 0 Å². The maximum absolute atomic E-state index is 5.60. The fourth-order valence-corrected chi connectivity index (χ4v) is 1.43. The second kappa shape index (κ2) is 5.30. The lowest BCUT2D eigenvalue weighted by Crippen LogP contribution is -1.96. The summed E-state index contributed by atoms with van der Waals surface area (Å²) >= 11 is 0. The molecule has 2 aromatic rings. The first kappa shape index (κ1) is 11.4. The predicted octanol–water partition coefficient (Wildman–Crippen LogP) is 2.51. The molecule has 88 valence electrons. The molecule has 0 aliphatic heterocycles. The predicted molar refractivity (Wildman–Crippen MR) is 67.7 cm³/mol. The highest BCUT2D eigenvalue weighted by molar-refractivity contribution is 5.60. The highest BCUT2D eigenvalue weighted by Gasteiger charge is 2.02. The van der Waals surface area contributed by atoms with E-state index in [2.05, 4.69) is 16.9 Å². The molecule has 0 aliphatic carbocycles. The molecular weight excluding hydrogens is 214 g/mol. The van der Waals surface area contributed by atoms with Crippen molar-refractivity contribution in [3.05, 3.63) is 36.8 Å². The van der Waals surface area contributed by atoms with Crippen LogP contribution >= 0.6 is 0 Å². The number of nitrogen functional groups attached to an aromatic ring is 1. The van der Waals surface area contributed by atoms with Gasteiger partial charge in [-0.1, -0.05) is 6.92 Å². The molecule has 0 aromatic carbocycles. The molecule has 17 heavy (non-hydrogen) atoms. The summed E-state index contributed by atoms with van der Waals surface area (Å²) in [7, 11) is 0. The van der Waals surface area contributed by atoms with Crippen molar-refractivity contribution in [3.63, 3.8) is 0 Å². The molecule has 0 amide bonds. The van der Waals surface area contributed by atoms with Crippen molar-refractivity contribution >= 4 is 5.69 Å². The third kappa shape index (κ3) is 2.93. The number of pyridine rings is 2. The van der Waals surface area contributed by atoms with Crippen molar-refractivity contribution in [3.8, 4) is 17.0 Å². The van der Waals surface area contributed by atoms with Gasteiger partial charge in [0.25, 0.3) is 0 Å². The van der Waals surface area contributed by atoms with Gasteiger partial charge in [0.05, 0.1) is 30.4 Å². The lowest BCUT2D eigenvalue weighted by molar-refractivity contribution is 0.316. The number of anilines is 1. The highest BCUT2D eigenvalue weighted by Crippen LogP contribution is 2.21. The van der Waals surface area contributed by atoms with Gasteiger partial charge in [0.15, 0.2) is 0 Å². The summed E-state index contributed by atoms with van der Waals surface area (Å²) < 4.78 is 5.53. The van der Waals surface area contributed by atoms with Gasteiger partial charge in [0.2, 0.25) is 0 Å². The Bertz CT molecular complexity index is 482. The van der Waals surface area contributed by atoms with Crippen LogP contribution in [0.5, 0.6) is 5.75 Å². The molecule has 2 N–H and O–H groups in total. The monoisotopic (exact) mass is 229 g/mol. The van der Waals surface area contributed by atoms with Crippen molar-refractivity contribution < 1.29 is 4.74 Å². The van der Waals surface area contributed by atoms with Crippen LogP contribution in [-0.2, 0) is 0 Å². The molecule has 2 aromatic heterocycles. The Morgan fingerprint density at radius 3 is 2.82 bits per heavy atom. The van der Waals surface area contributed by atoms with E-state index in [1.54, 1.807) is 18.6 Å². The zero-order valence-corrected chi connectivity index (χ0v) is 9.76. The summed E-state index contributed by atoms with van der Waals surface area (Å²) in [6, 6.07) is 5.62. The van der Waals surface area contributed by atoms with Gasteiger partial charge in [-0.3, -0.25) is 9.97 Å². The average molecular weight is 229 g/mol. The van der Waals surface area contributed by atoms with E-state index in [0.717, 1.165) is 23.4 Å². The van der Waals surface area contributed by atoms with E-state index in [0.29, 0.717) is 12.3 Å². The van der Waals surface area contributed by atoms with Crippen molar-refractivity contribution in [2.24, 2.45) is 0 Å². The Balaban J connectivity index is 2.23. The van der Waals surface area contributed by atoms with Crippen LogP contribution in [0.2, 0.25) is 0 Å². The van der Waals surface area contributed by atoms with Crippen molar-refractivity contribution in [1.82, 2.24) is 9.97 Å². The molecule has 0 bridgehead atoms. The molecule has 0 fully saturated rings. The first-order chi connectivity index (χ1) is 8.29. The molecule has 0 radical (unpaired) electrons. The van der Waals surface area contributed by atoms with Gasteiger partial charge in [-0.15, -0.1) is 0 Å². The minimum absolute atomic E-state index is 0.653. The van der Waals surface area contributed by atoms with Crippen LogP contribution in [0, 0.1) is 0 Å². The van der Waals surface area contributed by atoms with Gasteiger partial charge >= 0.3 is 0 Å². The Hall–Kier alpha value is -2.10. The number of ether oxygens (including phenoxy) is 1. The van der Waals surface area contributed by atoms with Gasteiger partial charge in [-0.05, 0) is 24.6 Å². The normalized spacial score (nSPS) is 10.2. The van der Waals surface area contributed by atoms with E-state index < -0.39 is 0 Å². The molecule has 0 saturated heterocycles. The summed E-state index contributed by atoms with van der Waals surface area (Å²) in [5.41, 5.74) is 8.02. The molecule has 0 atom stereocenters. The molecule has 2 rings (SSSR count). The molecule has 0 spiro atoms. The fraction of sp³-hybridized carbons (Fsp3) is 0.231. The first-order valence-electron chi connectivity index (χ1n) is 5.59. The lowest BCUT2D eigenvalue weighted by Gasteiger charge is -2.06. The van der Waals surface area contributed by atoms with E-state index >= 15 is 0 Å². The van der Waals surface area contributed by atoms with Crippen LogP contribution in [0.1, 0.15) is 13.3 Å². The van der Waals surface area contributed by atoms with Gasteiger partial charge in [-0.25, -0.2) is 0 Å². The number of nitrogens with two attached hydrogens (primary N) is 1. The summed E-state index contributed by atoms with van der Waals surface area (Å²) in [5, 5.41) is 0. The van der Waals surface area contributed by atoms with E-state index in [-0.39, 0.29) is 0 Å². The van der Waals surface area contributed by atoms with Crippen LogP contribution in [0.25, 0.3) is 11.3 Å². The number of hydrogen-bond acceptors (Lipinski definition) is 4. The molecule has 0 aliphatic rings. The first-order valence-corrected chi connectivity index (χ1v) is 5.59. The van der Waals surface area contributed by atoms with Crippen molar-refractivity contribution in [1.29, 1.82) is 0 Å². The minimum atomic E-state index is 0.653. The Labute approximate surface area is 100 Å². The van der Waals surface area contributed by atoms with Crippen molar-refractivity contribution in [2.45, 2.75) is 13.3 Å². The van der Waals surface area contributed by atoms with E-state index in [1.807, 2.05) is 18.2 Å². The van der Waals surface area contributed by atoms with Crippen LogP contribution in [-0.4, -0.2) is 16.6 Å².